The summed E-state index contributed by atoms with van der Waals surface area (Å²) in [5.74, 6) is 0.00116. The fourth-order valence-electron chi connectivity index (χ4n) is 2.70. The van der Waals surface area contributed by atoms with Crippen LogP contribution in [0.25, 0.3) is 21.9 Å². The molecule has 0 heterocycles. The third-order valence-electron chi connectivity index (χ3n) is 3.90. The van der Waals surface area contributed by atoms with E-state index < -0.39 is 5.97 Å². The van der Waals surface area contributed by atoms with Crippen LogP contribution in [0.15, 0.2) is 54.6 Å². The predicted molar refractivity (Wildman–Crippen MR) is 92.2 cm³/mol. The molecule has 0 aliphatic carbocycles. The number of hydrogen-bond donors (Lipinski definition) is 1. The second-order valence-corrected chi connectivity index (χ2v) is 5.50. The average molecular weight is 306 g/mol. The van der Waals surface area contributed by atoms with Crippen LogP contribution in [0.2, 0.25) is 0 Å². The zero-order valence-electron chi connectivity index (χ0n) is 13.2. The first kappa shape index (κ1) is 15.1. The minimum atomic E-state index is -0.905. The van der Waals surface area contributed by atoms with Crippen molar-refractivity contribution in [3.8, 4) is 16.9 Å². The fraction of sp³-hybridized carbons (Fsp3) is 0.150. The number of carboxylic acids is 1. The fourth-order valence-corrected chi connectivity index (χ4v) is 2.70. The van der Waals surface area contributed by atoms with Gasteiger partial charge in [0.1, 0.15) is 5.75 Å². The molecule has 0 amide bonds. The number of carboxylic acid groups (broad SMARTS) is 1. The van der Waals surface area contributed by atoms with E-state index in [1.807, 2.05) is 44.2 Å². The Morgan fingerprint density at radius 2 is 1.61 bits per heavy atom. The first-order valence-electron chi connectivity index (χ1n) is 7.59. The summed E-state index contributed by atoms with van der Waals surface area (Å²) in [7, 11) is 0. The number of ether oxygens (including phenoxy) is 1. The van der Waals surface area contributed by atoms with Crippen molar-refractivity contribution in [3.05, 3.63) is 65.7 Å². The van der Waals surface area contributed by atoms with E-state index in [4.69, 9.17) is 9.84 Å². The molecule has 3 aromatic rings. The molecule has 3 rings (SSSR count). The summed E-state index contributed by atoms with van der Waals surface area (Å²) in [6, 6.07) is 17.4. The van der Waals surface area contributed by atoms with Crippen LogP contribution in [-0.4, -0.2) is 17.7 Å². The van der Waals surface area contributed by atoms with Crippen molar-refractivity contribution in [1.29, 1.82) is 0 Å². The Morgan fingerprint density at radius 1 is 0.957 bits per heavy atom. The largest absolute Gasteiger partial charge is 0.494 e. The van der Waals surface area contributed by atoms with E-state index in [9.17, 15) is 4.79 Å². The van der Waals surface area contributed by atoms with Gasteiger partial charge in [-0.2, -0.15) is 0 Å². The molecule has 0 spiro atoms. The number of rotatable bonds is 4. The smallest absolute Gasteiger partial charge is 0.335 e. The van der Waals surface area contributed by atoms with Gasteiger partial charge in [-0.1, -0.05) is 24.3 Å². The zero-order chi connectivity index (χ0) is 16.4. The van der Waals surface area contributed by atoms with Crippen LogP contribution >= 0.6 is 0 Å². The Morgan fingerprint density at radius 3 is 2.30 bits per heavy atom. The van der Waals surface area contributed by atoms with E-state index >= 15 is 0 Å². The molecule has 0 unspecified atom stereocenters. The minimum absolute atomic E-state index is 0.308. The molecule has 3 aromatic carbocycles. The first-order valence-corrected chi connectivity index (χ1v) is 7.59. The SMILES string of the molecule is CCOc1ccc(-c2ccc3cc(C(=O)O)ccc3c2)cc1C. The average Bonchev–Trinajstić information content (AvgIpc) is 2.56. The highest BCUT2D eigenvalue weighted by Crippen LogP contribution is 2.29. The highest BCUT2D eigenvalue weighted by molar-refractivity contribution is 5.95. The molecule has 0 aromatic heterocycles. The summed E-state index contributed by atoms with van der Waals surface area (Å²) in [4.78, 5) is 11.0. The summed E-state index contributed by atoms with van der Waals surface area (Å²) >= 11 is 0. The van der Waals surface area contributed by atoms with Crippen molar-refractivity contribution in [2.75, 3.05) is 6.61 Å². The number of hydrogen-bond acceptors (Lipinski definition) is 2. The molecule has 0 bridgehead atoms. The van der Waals surface area contributed by atoms with E-state index in [1.54, 1.807) is 12.1 Å². The summed E-state index contributed by atoms with van der Waals surface area (Å²) in [5.41, 5.74) is 3.63. The molecule has 0 atom stereocenters. The number of aromatic carboxylic acids is 1. The molecule has 23 heavy (non-hydrogen) atoms. The molecule has 0 aliphatic rings. The second-order valence-electron chi connectivity index (χ2n) is 5.50. The number of carbonyl (C=O) groups is 1. The van der Waals surface area contributed by atoms with Crippen LogP contribution in [0.4, 0.5) is 0 Å². The van der Waals surface area contributed by atoms with Crippen LogP contribution in [0.3, 0.4) is 0 Å². The molecular formula is C20H18O3. The van der Waals surface area contributed by atoms with Gasteiger partial charge < -0.3 is 9.84 Å². The maximum atomic E-state index is 11.0. The normalized spacial score (nSPS) is 10.7. The number of fused-ring (bicyclic) bond motifs is 1. The highest BCUT2D eigenvalue weighted by atomic mass is 16.5. The Hall–Kier alpha value is -2.81. The maximum Gasteiger partial charge on any atom is 0.335 e. The highest BCUT2D eigenvalue weighted by Gasteiger charge is 2.06. The number of aryl methyl sites for hydroxylation is 1. The van der Waals surface area contributed by atoms with Gasteiger partial charge in [0, 0.05) is 0 Å². The third-order valence-corrected chi connectivity index (χ3v) is 3.90. The predicted octanol–water partition coefficient (Wildman–Crippen LogP) is 4.91. The minimum Gasteiger partial charge on any atom is -0.494 e. The van der Waals surface area contributed by atoms with Crippen molar-refractivity contribution < 1.29 is 14.6 Å². The first-order chi connectivity index (χ1) is 11.1. The lowest BCUT2D eigenvalue weighted by Crippen LogP contribution is -1.95. The molecule has 0 aliphatic heterocycles. The second kappa shape index (κ2) is 6.13. The number of benzene rings is 3. The molecule has 3 heteroatoms. The summed E-state index contributed by atoms with van der Waals surface area (Å²) in [5, 5.41) is 11.0. The van der Waals surface area contributed by atoms with Crippen molar-refractivity contribution in [2.45, 2.75) is 13.8 Å². The Labute approximate surface area is 135 Å². The lowest BCUT2D eigenvalue weighted by Gasteiger charge is -2.10. The molecular weight excluding hydrogens is 288 g/mol. The zero-order valence-corrected chi connectivity index (χ0v) is 13.2. The van der Waals surface area contributed by atoms with E-state index in [-0.39, 0.29) is 0 Å². The summed E-state index contributed by atoms with van der Waals surface area (Å²) < 4.78 is 5.58. The molecule has 0 fully saturated rings. The van der Waals surface area contributed by atoms with Gasteiger partial charge in [-0.05, 0) is 71.6 Å². The van der Waals surface area contributed by atoms with Gasteiger partial charge in [0.2, 0.25) is 0 Å². The van der Waals surface area contributed by atoms with E-state index in [0.29, 0.717) is 12.2 Å². The Bertz CT molecular complexity index is 881. The van der Waals surface area contributed by atoms with Gasteiger partial charge in [-0.3, -0.25) is 0 Å². The molecule has 1 N–H and O–H groups in total. The van der Waals surface area contributed by atoms with E-state index in [2.05, 4.69) is 12.1 Å². The quantitative estimate of drug-likeness (QED) is 0.744. The van der Waals surface area contributed by atoms with Gasteiger partial charge in [0.25, 0.3) is 0 Å². The molecule has 0 saturated heterocycles. The van der Waals surface area contributed by atoms with E-state index in [0.717, 1.165) is 33.2 Å². The van der Waals surface area contributed by atoms with Gasteiger partial charge in [0.05, 0.1) is 12.2 Å². The van der Waals surface area contributed by atoms with Gasteiger partial charge in [-0.25, -0.2) is 4.79 Å². The maximum absolute atomic E-state index is 11.0. The molecule has 0 saturated carbocycles. The van der Waals surface area contributed by atoms with E-state index in [1.165, 1.54) is 0 Å². The van der Waals surface area contributed by atoms with Crippen molar-refractivity contribution in [3.63, 3.8) is 0 Å². The molecule has 0 radical (unpaired) electrons. The monoisotopic (exact) mass is 306 g/mol. The van der Waals surface area contributed by atoms with Crippen molar-refractivity contribution >= 4 is 16.7 Å². The van der Waals surface area contributed by atoms with Gasteiger partial charge in [-0.15, -0.1) is 0 Å². The summed E-state index contributed by atoms with van der Waals surface area (Å²) in [6.07, 6.45) is 0. The standard InChI is InChI=1S/C20H18O3/c1-3-23-19-9-8-14(10-13(19)2)15-4-5-17-12-18(20(21)22)7-6-16(17)11-15/h4-12H,3H2,1-2H3,(H,21,22). The topological polar surface area (TPSA) is 46.5 Å². The van der Waals surface area contributed by atoms with Crippen LogP contribution in [0, 0.1) is 6.92 Å². The summed E-state index contributed by atoms with van der Waals surface area (Å²) in [6.45, 7) is 4.67. The Balaban J connectivity index is 2.02. The lowest BCUT2D eigenvalue weighted by atomic mass is 9.98. The molecule has 3 nitrogen and oxygen atoms in total. The lowest BCUT2D eigenvalue weighted by molar-refractivity contribution is 0.0697. The van der Waals surface area contributed by atoms with Crippen LogP contribution in [-0.2, 0) is 0 Å². The molecule has 116 valence electrons. The van der Waals surface area contributed by atoms with Gasteiger partial charge in [0.15, 0.2) is 0 Å². The van der Waals surface area contributed by atoms with Crippen LogP contribution in [0.1, 0.15) is 22.8 Å². The van der Waals surface area contributed by atoms with Crippen molar-refractivity contribution in [2.24, 2.45) is 0 Å². The van der Waals surface area contributed by atoms with Crippen LogP contribution < -0.4 is 4.74 Å². The van der Waals surface area contributed by atoms with Gasteiger partial charge >= 0.3 is 5.97 Å². The van der Waals surface area contributed by atoms with Crippen LogP contribution in [0.5, 0.6) is 5.75 Å². The third kappa shape index (κ3) is 3.04. The Kier molecular flexibility index (Phi) is 4.02. The van der Waals surface area contributed by atoms with Crippen molar-refractivity contribution in [1.82, 2.24) is 0 Å².